The summed E-state index contributed by atoms with van der Waals surface area (Å²) in [5, 5.41) is 14.1. The van der Waals surface area contributed by atoms with E-state index >= 15 is 0 Å². The van der Waals surface area contributed by atoms with Gasteiger partial charge in [-0.05, 0) is 64.9 Å². The van der Waals surface area contributed by atoms with E-state index in [-0.39, 0.29) is 5.75 Å². The Kier molecular flexibility index (Phi) is 4.97. The largest absolute Gasteiger partial charge is 0.508 e. The fourth-order valence-electron chi connectivity index (χ4n) is 2.59. The third kappa shape index (κ3) is 3.85. The SMILES string of the molecule is CCOc1ccc(O)cc1.c1ccc2cc3ccccc3cc2c1. The lowest BCUT2D eigenvalue weighted by Crippen LogP contribution is -1.89. The summed E-state index contributed by atoms with van der Waals surface area (Å²) < 4.78 is 5.15. The monoisotopic (exact) mass is 316 g/mol. The molecule has 2 heteroatoms. The van der Waals surface area contributed by atoms with Crippen molar-refractivity contribution in [1.29, 1.82) is 0 Å². The topological polar surface area (TPSA) is 29.5 Å². The first-order chi connectivity index (χ1) is 11.8. The molecule has 0 atom stereocenters. The normalized spacial score (nSPS) is 10.2. The zero-order valence-corrected chi connectivity index (χ0v) is 13.6. The standard InChI is InChI=1S/C14H10.C8H10O2/c1-2-6-12-10-14-8-4-3-7-13(14)9-11(12)5-1;1-2-10-8-5-3-7(9)4-6-8/h1-10H;3-6,9H,2H2,1H3. The molecule has 2 nitrogen and oxygen atoms in total. The zero-order valence-electron chi connectivity index (χ0n) is 13.6. The van der Waals surface area contributed by atoms with Crippen molar-refractivity contribution in [3.05, 3.63) is 84.9 Å². The summed E-state index contributed by atoms with van der Waals surface area (Å²) in [6.07, 6.45) is 0. The molecule has 1 N–H and O–H groups in total. The van der Waals surface area contributed by atoms with Crippen molar-refractivity contribution in [2.45, 2.75) is 6.92 Å². The Morgan fingerprint density at radius 2 is 1.08 bits per heavy atom. The Balaban J connectivity index is 0.000000150. The van der Waals surface area contributed by atoms with Crippen LogP contribution >= 0.6 is 0 Å². The van der Waals surface area contributed by atoms with Crippen molar-refractivity contribution in [2.75, 3.05) is 6.61 Å². The molecular weight excluding hydrogens is 296 g/mol. The van der Waals surface area contributed by atoms with E-state index < -0.39 is 0 Å². The van der Waals surface area contributed by atoms with E-state index in [0.29, 0.717) is 6.61 Å². The van der Waals surface area contributed by atoms with Crippen molar-refractivity contribution in [3.63, 3.8) is 0 Å². The van der Waals surface area contributed by atoms with Crippen LogP contribution in [-0.2, 0) is 0 Å². The Morgan fingerprint density at radius 3 is 1.46 bits per heavy atom. The molecule has 0 aliphatic heterocycles. The highest BCUT2D eigenvalue weighted by Gasteiger charge is 1.95. The van der Waals surface area contributed by atoms with Gasteiger partial charge in [0.25, 0.3) is 0 Å². The van der Waals surface area contributed by atoms with Crippen LogP contribution in [0.15, 0.2) is 84.9 Å². The summed E-state index contributed by atoms with van der Waals surface area (Å²) in [4.78, 5) is 0. The second kappa shape index (κ2) is 7.51. The fourth-order valence-corrected chi connectivity index (χ4v) is 2.59. The number of benzene rings is 4. The van der Waals surface area contributed by atoms with E-state index in [0.717, 1.165) is 5.75 Å². The van der Waals surface area contributed by atoms with E-state index in [1.165, 1.54) is 21.5 Å². The van der Waals surface area contributed by atoms with Crippen LogP contribution in [0.2, 0.25) is 0 Å². The minimum absolute atomic E-state index is 0.267. The van der Waals surface area contributed by atoms with Gasteiger partial charge in [0.1, 0.15) is 11.5 Å². The first-order valence-corrected chi connectivity index (χ1v) is 8.05. The van der Waals surface area contributed by atoms with Crippen LogP contribution in [0.5, 0.6) is 11.5 Å². The fraction of sp³-hybridized carbons (Fsp3) is 0.0909. The highest BCUT2D eigenvalue weighted by molar-refractivity contribution is 5.98. The molecule has 0 unspecified atom stereocenters. The van der Waals surface area contributed by atoms with E-state index in [4.69, 9.17) is 9.84 Å². The van der Waals surface area contributed by atoms with E-state index in [1.54, 1.807) is 24.3 Å². The third-order valence-corrected chi connectivity index (χ3v) is 3.76. The van der Waals surface area contributed by atoms with Gasteiger partial charge in [-0.1, -0.05) is 48.5 Å². The molecule has 4 aromatic rings. The lowest BCUT2D eigenvalue weighted by molar-refractivity contribution is 0.339. The molecule has 4 aromatic carbocycles. The first-order valence-electron chi connectivity index (χ1n) is 8.05. The predicted octanol–water partition coefficient (Wildman–Crippen LogP) is 5.78. The van der Waals surface area contributed by atoms with Gasteiger partial charge in [0, 0.05) is 0 Å². The summed E-state index contributed by atoms with van der Waals surface area (Å²) in [7, 11) is 0. The van der Waals surface area contributed by atoms with Gasteiger partial charge in [0.2, 0.25) is 0 Å². The molecule has 0 heterocycles. The minimum atomic E-state index is 0.267. The molecule has 120 valence electrons. The maximum absolute atomic E-state index is 8.87. The summed E-state index contributed by atoms with van der Waals surface area (Å²) in [5.41, 5.74) is 0. The quantitative estimate of drug-likeness (QED) is 0.475. The van der Waals surface area contributed by atoms with Gasteiger partial charge >= 0.3 is 0 Å². The molecule has 0 aromatic heterocycles. The molecule has 0 saturated carbocycles. The van der Waals surface area contributed by atoms with Crippen LogP contribution in [0.4, 0.5) is 0 Å². The van der Waals surface area contributed by atoms with Gasteiger partial charge in [0.15, 0.2) is 0 Å². The lowest BCUT2D eigenvalue weighted by atomic mass is 10.0. The summed E-state index contributed by atoms with van der Waals surface area (Å²) in [6.45, 7) is 2.58. The van der Waals surface area contributed by atoms with Crippen molar-refractivity contribution >= 4 is 21.5 Å². The van der Waals surface area contributed by atoms with Crippen molar-refractivity contribution in [1.82, 2.24) is 0 Å². The average molecular weight is 316 g/mol. The van der Waals surface area contributed by atoms with Gasteiger partial charge in [0.05, 0.1) is 6.61 Å². The van der Waals surface area contributed by atoms with Crippen LogP contribution < -0.4 is 4.74 Å². The Morgan fingerprint density at radius 1 is 0.667 bits per heavy atom. The van der Waals surface area contributed by atoms with Crippen LogP contribution in [0.1, 0.15) is 6.92 Å². The summed E-state index contributed by atoms with van der Waals surface area (Å²) in [6, 6.07) is 28.1. The van der Waals surface area contributed by atoms with Gasteiger partial charge < -0.3 is 9.84 Å². The summed E-state index contributed by atoms with van der Waals surface area (Å²) >= 11 is 0. The molecule has 0 aliphatic carbocycles. The number of hydrogen-bond donors (Lipinski definition) is 1. The number of aromatic hydroxyl groups is 1. The lowest BCUT2D eigenvalue weighted by Gasteiger charge is -2.00. The van der Waals surface area contributed by atoms with Gasteiger partial charge in [-0.25, -0.2) is 0 Å². The van der Waals surface area contributed by atoms with Gasteiger partial charge in [-0.3, -0.25) is 0 Å². The highest BCUT2D eigenvalue weighted by atomic mass is 16.5. The van der Waals surface area contributed by atoms with E-state index in [9.17, 15) is 0 Å². The third-order valence-electron chi connectivity index (χ3n) is 3.76. The maximum atomic E-state index is 8.87. The van der Waals surface area contributed by atoms with Gasteiger partial charge in [-0.15, -0.1) is 0 Å². The Labute approximate surface area is 141 Å². The average Bonchev–Trinajstić information content (AvgIpc) is 2.63. The van der Waals surface area contributed by atoms with E-state index in [1.807, 2.05) is 6.92 Å². The molecule has 0 radical (unpaired) electrons. The number of phenols is 1. The van der Waals surface area contributed by atoms with Crippen LogP contribution in [0, 0.1) is 0 Å². The van der Waals surface area contributed by atoms with Gasteiger partial charge in [-0.2, -0.15) is 0 Å². The molecule has 0 saturated heterocycles. The van der Waals surface area contributed by atoms with Crippen LogP contribution in [0.3, 0.4) is 0 Å². The number of phenolic OH excluding ortho intramolecular Hbond substituents is 1. The highest BCUT2D eigenvalue weighted by Crippen LogP contribution is 2.22. The second-order valence-corrected chi connectivity index (χ2v) is 5.47. The molecule has 0 amide bonds. The Bertz CT molecular complexity index is 822. The molecule has 24 heavy (non-hydrogen) atoms. The molecule has 0 spiro atoms. The minimum Gasteiger partial charge on any atom is -0.508 e. The first kappa shape index (κ1) is 15.9. The smallest absolute Gasteiger partial charge is 0.119 e. The predicted molar refractivity (Wildman–Crippen MR) is 101 cm³/mol. The van der Waals surface area contributed by atoms with Crippen LogP contribution in [-0.4, -0.2) is 11.7 Å². The van der Waals surface area contributed by atoms with Crippen molar-refractivity contribution in [2.24, 2.45) is 0 Å². The van der Waals surface area contributed by atoms with Crippen molar-refractivity contribution in [3.8, 4) is 11.5 Å². The molecule has 4 rings (SSSR count). The molecular formula is C22H20O2. The number of fused-ring (bicyclic) bond motifs is 2. The summed E-state index contributed by atoms with van der Waals surface area (Å²) in [5.74, 6) is 1.06. The van der Waals surface area contributed by atoms with E-state index in [2.05, 4.69) is 60.7 Å². The number of ether oxygens (including phenoxy) is 1. The maximum Gasteiger partial charge on any atom is 0.119 e. The number of hydrogen-bond acceptors (Lipinski definition) is 2. The molecule has 0 aliphatic rings. The molecule has 0 bridgehead atoms. The number of rotatable bonds is 2. The van der Waals surface area contributed by atoms with Crippen LogP contribution in [0.25, 0.3) is 21.5 Å². The molecule has 0 fully saturated rings. The van der Waals surface area contributed by atoms with Crippen molar-refractivity contribution < 1.29 is 9.84 Å². The zero-order chi connectivity index (χ0) is 16.8. The Hall–Kier alpha value is -3.00. The second-order valence-electron chi connectivity index (χ2n) is 5.47.